The fourth-order valence-corrected chi connectivity index (χ4v) is 3.70. The van der Waals surface area contributed by atoms with Crippen LogP contribution in [0.4, 0.5) is 0 Å². The molecule has 0 unspecified atom stereocenters. The molecular formula is C8H15N3O2S2. The van der Waals surface area contributed by atoms with Crippen LogP contribution in [-0.4, -0.2) is 33.5 Å². The molecule has 2 N–H and O–H groups in total. The molecule has 0 aromatic carbocycles. The first-order valence-electron chi connectivity index (χ1n) is 4.55. The minimum absolute atomic E-state index is 0.316. The number of likely N-dealkylation sites (N-methyl/N-ethyl adjacent to an activating group) is 1. The Morgan fingerprint density at radius 1 is 1.33 bits per heavy atom. The number of thiazole rings is 1. The number of hydrogen-bond acceptors (Lipinski definition) is 5. The van der Waals surface area contributed by atoms with Crippen LogP contribution in [0.15, 0.2) is 4.21 Å². The van der Waals surface area contributed by atoms with E-state index in [2.05, 4.69) is 15.0 Å². The third-order valence-corrected chi connectivity index (χ3v) is 4.92. The first-order valence-corrected chi connectivity index (χ1v) is 6.85. The van der Waals surface area contributed by atoms with Gasteiger partial charge in [-0.15, -0.1) is 11.3 Å². The Labute approximate surface area is 94.0 Å². The van der Waals surface area contributed by atoms with E-state index in [1.165, 1.54) is 11.3 Å². The highest BCUT2D eigenvalue weighted by Gasteiger charge is 2.19. The average Bonchev–Trinajstić information content (AvgIpc) is 2.46. The topological polar surface area (TPSA) is 71.1 Å². The van der Waals surface area contributed by atoms with Crippen LogP contribution in [0, 0.1) is 13.8 Å². The predicted molar refractivity (Wildman–Crippen MR) is 60.7 cm³/mol. The third kappa shape index (κ3) is 3.23. The van der Waals surface area contributed by atoms with Gasteiger partial charge in [-0.1, -0.05) is 0 Å². The first kappa shape index (κ1) is 12.6. The lowest BCUT2D eigenvalue weighted by atomic mass is 10.6. The van der Waals surface area contributed by atoms with E-state index >= 15 is 0 Å². The SMILES string of the molecule is CNCCNS(=O)(=O)c1sc(C)nc1C. The smallest absolute Gasteiger partial charge is 0.251 e. The molecule has 0 saturated carbocycles. The summed E-state index contributed by atoms with van der Waals surface area (Å²) in [6.07, 6.45) is 0. The van der Waals surface area contributed by atoms with Gasteiger partial charge in [0.05, 0.1) is 10.7 Å². The van der Waals surface area contributed by atoms with Crippen molar-refractivity contribution in [1.29, 1.82) is 0 Å². The van der Waals surface area contributed by atoms with Gasteiger partial charge in [0.2, 0.25) is 0 Å². The maximum Gasteiger partial charge on any atom is 0.251 e. The molecule has 0 aliphatic heterocycles. The maximum absolute atomic E-state index is 11.8. The summed E-state index contributed by atoms with van der Waals surface area (Å²) < 4.78 is 26.4. The largest absolute Gasteiger partial charge is 0.318 e. The molecule has 15 heavy (non-hydrogen) atoms. The molecule has 1 aromatic rings. The number of nitrogens with one attached hydrogen (secondary N) is 2. The zero-order valence-electron chi connectivity index (χ0n) is 8.99. The lowest BCUT2D eigenvalue weighted by Gasteiger charge is -2.04. The molecule has 1 rings (SSSR count). The molecule has 86 valence electrons. The van der Waals surface area contributed by atoms with Gasteiger partial charge in [0.15, 0.2) is 4.21 Å². The normalized spacial score (nSPS) is 11.9. The zero-order chi connectivity index (χ0) is 11.5. The Bertz CT molecular complexity index is 425. The van der Waals surface area contributed by atoms with Crippen LogP contribution >= 0.6 is 11.3 Å². The van der Waals surface area contributed by atoms with E-state index in [4.69, 9.17) is 0 Å². The number of sulfonamides is 1. The number of hydrogen-bond donors (Lipinski definition) is 2. The van der Waals surface area contributed by atoms with Crippen molar-refractivity contribution in [2.24, 2.45) is 0 Å². The number of aryl methyl sites for hydroxylation is 2. The van der Waals surface area contributed by atoms with E-state index in [1.807, 2.05) is 0 Å². The van der Waals surface area contributed by atoms with Gasteiger partial charge in [-0.3, -0.25) is 0 Å². The molecule has 7 heteroatoms. The molecular weight excluding hydrogens is 234 g/mol. The lowest BCUT2D eigenvalue weighted by Crippen LogP contribution is -2.30. The van der Waals surface area contributed by atoms with Gasteiger partial charge in [-0.25, -0.2) is 18.1 Å². The Kier molecular flexibility index (Phi) is 4.21. The summed E-state index contributed by atoms with van der Waals surface area (Å²) in [5.41, 5.74) is 0.564. The van der Waals surface area contributed by atoms with E-state index in [1.54, 1.807) is 20.9 Å². The van der Waals surface area contributed by atoms with Gasteiger partial charge in [0, 0.05) is 13.1 Å². The molecule has 0 fully saturated rings. The van der Waals surface area contributed by atoms with Gasteiger partial charge >= 0.3 is 0 Å². The van der Waals surface area contributed by atoms with Crippen LogP contribution in [0.25, 0.3) is 0 Å². The van der Waals surface area contributed by atoms with Crippen molar-refractivity contribution < 1.29 is 8.42 Å². The molecule has 0 aliphatic rings. The van der Waals surface area contributed by atoms with Crippen LogP contribution in [-0.2, 0) is 10.0 Å². The number of nitrogens with zero attached hydrogens (tertiary/aromatic N) is 1. The number of rotatable bonds is 5. The molecule has 5 nitrogen and oxygen atoms in total. The van der Waals surface area contributed by atoms with Crippen molar-refractivity contribution >= 4 is 21.4 Å². The van der Waals surface area contributed by atoms with Crippen LogP contribution < -0.4 is 10.0 Å². The standard InChI is InChI=1S/C8H15N3O2S2/c1-6-8(14-7(2)11-6)15(12,13)10-5-4-9-3/h9-10H,4-5H2,1-3H3. The summed E-state index contributed by atoms with van der Waals surface area (Å²) in [6, 6.07) is 0. The van der Waals surface area contributed by atoms with Crippen molar-refractivity contribution in [2.75, 3.05) is 20.1 Å². The molecule has 0 aliphatic carbocycles. The summed E-state index contributed by atoms with van der Waals surface area (Å²) in [5.74, 6) is 0. The molecule has 1 aromatic heterocycles. The van der Waals surface area contributed by atoms with Crippen molar-refractivity contribution in [1.82, 2.24) is 15.0 Å². The van der Waals surface area contributed by atoms with Crippen molar-refractivity contribution in [2.45, 2.75) is 18.1 Å². The van der Waals surface area contributed by atoms with E-state index in [0.717, 1.165) is 5.01 Å². The highest BCUT2D eigenvalue weighted by Crippen LogP contribution is 2.22. The van der Waals surface area contributed by atoms with Crippen LogP contribution in [0.2, 0.25) is 0 Å². The molecule has 1 heterocycles. The fraction of sp³-hybridized carbons (Fsp3) is 0.625. The second-order valence-electron chi connectivity index (χ2n) is 3.11. The summed E-state index contributed by atoms with van der Waals surface area (Å²) in [7, 11) is -1.60. The summed E-state index contributed by atoms with van der Waals surface area (Å²) in [5, 5.41) is 3.64. The Morgan fingerprint density at radius 2 is 2.00 bits per heavy atom. The zero-order valence-corrected chi connectivity index (χ0v) is 10.6. The highest BCUT2D eigenvalue weighted by atomic mass is 32.2. The predicted octanol–water partition coefficient (Wildman–Crippen LogP) is 0.258. The molecule has 0 radical (unpaired) electrons. The Balaban J connectivity index is 2.82. The Morgan fingerprint density at radius 3 is 2.47 bits per heavy atom. The van der Waals surface area contributed by atoms with Crippen LogP contribution in [0.3, 0.4) is 0 Å². The quantitative estimate of drug-likeness (QED) is 0.734. The van der Waals surface area contributed by atoms with Crippen molar-refractivity contribution in [3.8, 4) is 0 Å². The maximum atomic E-state index is 11.8. The molecule has 0 atom stereocenters. The molecule has 0 saturated heterocycles. The second-order valence-corrected chi connectivity index (χ2v) is 6.27. The molecule has 0 bridgehead atoms. The van der Waals surface area contributed by atoms with Crippen molar-refractivity contribution in [3.63, 3.8) is 0 Å². The average molecular weight is 249 g/mol. The first-order chi connectivity index (χ1) is 6.97. The van der Waals surface area contributed by atoms with E-state index in [0.29, 0.717) is 23.0 Å². The fourth-order valence-electron chi connectivity index (χ4n) is 1.14. The third-order valence-electron chi connectivity index (χ3n) is 1.77. The van der Waals surface area contributed by atoms with Crippen LogP contribution in [0.1, 0.15) is 10.7 Å². The second kappa shape index (κ2) is 5.02. The molecule has 0 spiro atoms. The highest BCUT2D eigenvalue weighted by molar-refractivity contribution is 7.91. The van der Waals surface area contributed by atoms with Gasteiger partial charge in [-0.05, 0) is 20.9 Å². The summed E-state index contributed by atoms with van der Waals surface area (Å²) >= 11 is 1.20. The minimum atomic E-state index is -3.38. The van der Waals surface area contributed by atoms with Crippen LogP contribution in [0.5, 0.6) is 0 Å². The minimum Gasteiger partial charge on any atom is -0.318 e. The van der Waals surface area contributed by atoms with Gasteiger partial charge < -0.3 is 5.32 Å². The van der Waals surface area contributed by atoms with Gasteiger partial charge in [-0.2, -0.15) is 0 Å². The van der Waals surface area contributed by atoms with E-state index in [-0.39, 0.29) is 0 Å². The monoisotopic (exact) mass is 249 g/mol. The van der Waals surface area contributed by atoms with E-state index < -0.39 is 10.0 Å². The molecule has 0 amide bonds. The Hall–Kier alpha value is -0.500. The summed E-state index contributed by atoms with van der Waals surface area (Å²) in [4.78, 5) is 4.09. The van der Waals surface area contributed by atoms with Gasteiger partial charge in [0.1, 0.15) is 0 Å². The summed E-state index contributed by atoms with van der Waals surface area (Å²) in [6.45, 7) is 4.49. The van der Waals surface area contributed by atoms with Gasteiger partial charge in [0.25, 0.3) is 10.0 Å². The lowest BCUT2D eigenvalue weighted by molar-refractivity contribution is 0.581. The van der Waals surface area contributed by atoms with E-state index in [9.17, 15) is 8.42 Å². The number of aromatic nitrogens is 1. The van der Waals surface area contributed by atoms with Crippen molar-refractivity contribution in [3.05, 3.63) is 10.7 Å².